The monoisotopic (exact) mass is 296 g/mol. The number of allylic oxidation sites excluding steroid dienone is 2. The number of carbonyl (C=O) groups excluding carboxylic acids is 2. The second kappa shape index (κ2) is 4.53. The number of amides is 2. The third-order valence-corrected chi connectivity index (χ3v) is 4.94. The van der Waals surface area contributed by atoms with E-state index in [4.69, 9.17) is 0 Å². The van der Waals surface area contributed by atoms with Crippen molar-refractivity contribution < 1.29 is 14.7 Å². The zero-order valence-corrected chi connectivity index (χ0v) is 12.1. The van der Waals surface area contributed by atoms with Gasteiger partial charge in [0.25, 0.3) is 11.8 Å². The highest BCUT2D eigenvalue weighted by Gasteiger charge is 2.59. The van der Waals surface area contributed by atoms with Gasteiger partial charge in [0, 0.05) is 5.56 Å². The second-order valence-electron chi connectivity index (χ2n) is 6.29. The summed E-state index contributed by atoms with van der Waals surface area (Å²) in [5.41, 5.74) is 1.47. The molecule has 1 heterocycles. The van der Waals surface area contributed by atoms with Crippen LogP contribution in [-0.2, 0) is 9.59 Å². The maximum atomic E-state index is 12.5. The van der Waals surface area contributed by atoms with Gasteiger partial charge in [-0.05, 0) is 37.3 Å². The van der Waals surface area contributed by atoms with Crippen molar-refractivity contribution >= 4 is 18.0 Å². The summed E-state index contributed by atoms with van der Waals surface area (Å²) in [6.45, 7) is 1.90. The van der Waals surface area contributed by atoms with Gasteiger partial charge in [0.05, 0.1) is 18.1 Å². The van der Waals surface area contributed by atoms with Crippen molar-refractivity contribution in [3.05, 3.63) is 41.5 Å². The standard InChI is InChI=1S/C17H16N2O3/c1-9-2-5-13(20)12(6-9)8-18-19-16(21)14-10-3-4-11(7-10)15(14)17(19)22/h2-6,8,10-11,14-15,20H,7H2,1H3/b18-8-/t10-,11-,14-,15-/m0/s1. The molecular weight excluding hydrogens is 280 g/mol. The number of fused-ring (bicyclic) bond motifs is 5. The van der Waals surface area contributed by atoms with Crippen LogP contribution in [0, 0.1) is 30.6 Å². The van der Waals surface area contributed by atoms with E-state index in [1.54, 1.807) is 18.2 Å². The van der Waals surface area contributed by atoms with Crippen LogP contribution in [0.3, 0.4) is 0 Å². The number of aryl methyl sites for hydroxylation is 1. The lowest BCUT2D eigenvalue weighted by Crippen LogP contribution is -2.28. The molecule has 5 nitrogen and oxygen atoms in total. The molecule has 0 radical (unpaired) electrons. The molecule has 22 heavy (non-hydrogen) atoms. The Hall–Kier alpha value is -2.43. The van der Waals surface area contributed by atoms with Gasteiger partial charge in [0.2, 0.25) is 0 Å². The highest BCUT2D eigenvalue weighted by atomic mass is 16.3. The zero-order chi connectivity index (χ0) is 15.4. The minimum absolute atomic E-state index is 0.0791. The van der Waals surface area contributed by atoms with Gasteiger partial charge >= 0.3 is 0 Å². The Kier molecular flexibility index (Phi) is 2.73. The van der Waals surface area contributed by atoms with Crippen molar-refractivity contribution in [3.63, 3.8) is 0 Å². The molecule has 2 fully saturated rings. The van der Waals surface area contributed by atoms with Gasteiger partial charge in [-0.3, -0.25) is 9.59 Å². The number of hydrazone groups is 1. The van der Waals surface area contributed by atoms with E-state index in [0.717, 1.165) is 17.0 Å². The molecule has 0 spiro atoms. The zero-order valence-electron chi connectivity index (χ0n) is 12.1. The molecular formula is C17H16N2O3. The Morgan fingerprint density at radius 1 is 1.18 bits per heavy atom. The van der Waals surface area contributed by atoms with E-state index < -0.39 is 0 Å². The average Bonchev–Trinajstić information content (AvgIpc) is 3.16. The molecule has 4 atom stereocenters. The molecule has 4 rings (SSSR count). The van der Waals surface area contributed by atoms with Crippen LogP contribution in [0.25, 0.3) is 0 Å². The van der Waals surface area contributed by atoms with E-state index in [1.807, 2.05) is 6.92 Å². The first kappa shape index (κ1) is 13.2. The first-order valence-corrected chi connectivity index (χ1v) is 7.46. The molecule has 2 aliphatic carbocycles. The summed E-state index contributed by atoms with van der Waals surface area (Å²) >= 11 is 0. The van der Waals surface area contributed by atoms with Crippen LogP contribution >= 0.6 is 0 Å². The fourth-order valence-electron chi connectivity index (χ4n) is 3.90. The van der Waals surface area contributed by atoms with E-state index in [-0.39, 0.29) is 41.2 Å². The molecule has 1 aromatic rings. The topological polar surface area (TPSA) is 70.0 Å². The molecule has 1 saturated heterocycles. The Morgan fingerprint density at radius 2 is 1.82 bits per heavy atom. The summed E-state index contributed by atoms with van der Waals surface area (Å²) < 4.78 is 0. The van der Waals surface area contributed by atoms with Crippen LogP contribution in [0.2, 0.25) is 0 Å². The van der Waals surface area contributed by atoms with Gasteiger partial charge in [-0.15, -0.1) is 0 Å². The van der Waals surface area contributed by atoms with Gasteiger partial charge in [-0.25, -0.2) is 0 Å². The minimum atomic E-state index is -0.245. The summed E-state index contributed by atoms with van der Waals surface area (Å²) in [7, 11) is 0. The van der Waals surface area contributed by atoms with Crippen molar-refractivity contribution in [2.24, 2.45) is 28.8 Å². The largest absolute Gasteiger partial charge is 0.507 e. The molecule has 5 heteroatoms. The molecule has 1 aromatic carbocycles. The lowest BCUT2D eigenvalue weighted by molar-refractivity contribution is -0.140. The SMILES string of the molecule is Cc1ccc(O)c(/C=N\N2C(=O)[C@@H]3[C@@H](C2=O)[C@H]2C=C[C@H]3C2)c1. The molecule has 112 valence electrons. The Balaban J connectivity index is 1.62. The number of benzene rings is 1. The van der Waals surface area contributed by atoms with Crippen molar-refractivity contribution in [1.29, 1.82) is 0 Å². The van der Waals surface area contributed by atoms with Crippen molar-refractivity contribution in [2.45, 2.75) is 13.3 Å². The number of phenols is 1. The normalized spacial score (nSPS) is 32.5. The van der Waals surface area contributed by atoms with E-state index >= 15 is 0 Å². The maximum Gasteiger partial charge on any atom is 0.254 e. The van der Waals surface area contributed by atoms with Gasteiger partial charge in [0.15, 0.2) is 0 Å². The number of phenolic OH excluding ortho intramolecular Hbond substituents is 1. The van der Waals surface area contributed by atoms with Crippen LogP contribution in [0.15, 0.2) is 35.5 Å². The number of rotatable bonds is 2. The predicted molar refractivity (Wildman–Crippen MR) is 80.0 cm³/mol. The van der Waals surface area contributed by atoms with Crippen LogP contribution in [0.1, 0.15) is 17.5 Å². The van der Waals surface area contributed by atoms with Gasteiger partial charge in [-0.2, -0.15) is 10.1 Å². The van der Waals surface area contributed by atoms with Crippen LogP contribution in [0.4, 0.5) is 0 Å². The van der Waals surface area contributed by atoms with E-state index in [1.165, 1.54) is 6.21 Å². The summed E-state index contributed by atoms with van der Waals surface area (Å²) in [6, 6.07) is 5.12. The Bertz CT molecular complexity index is 707. The lowest BCUT2D eigenvalue weighted by Gasteiger charge is -2.13. The Labute approximate surface area is 127 Å². The summed E-state index contributed by atoms with van der Waals surface area (Å²) in [5, 5.41) is 14.9. The first-order chi connectivity index (χ1) is 10.6. The molecule has 0 unspecified atom stereocenters. The van der Waals surface area contributed by atoms with Gasteiger partial charge in [-0.1, -0.05) is 23.8 Å². The quantitative estimate of drug-likeness (QED) is 0.514. The predicted octanol–water partition coefficient (Wildman–Crippen LogP) is 1.84. The number of hydrogen-bond donors (Lipinski definition) is 1. The van der Waals surface area contributed by atoms with Crippen molar-refractivity contribution in [1.82, 2.24) is 5.01 Å². The number of hydrogen-bond acceptors (Lipinski definition) is 4. The number of carbonyl (C=O) groups is 2. The summed E-state index contributed by atoms with van der Waals surface area (Å²) in [5.74, 6) is -0.476. The van der Waals surface area contributed by atoms with Crippen molar-refractivity contribution in [3.8, 4) is 5.75 Å². The Morgan fingerprint density at radius 3 is 2.45 bits per heavy atom. The lowest BCUT2D eigenvalue weighted by atomic mass is 9.85. The van der Waals surface area contributed by atoms with E-state index in [2.05, 4.69) is 17.3 Å². The average molecular weight is 296 g/mol. The molecule has 1 aliphatic heterocycles. The highest BCUT2D eigenvalue weighted by Crippen LogP contribution is 2.52. The maximum absolute atomic E-state index is 12.5. The van der Waals surface area contributed by atoms with Crippen LogP contribution in [0.5, 0.6) is 5.75 Å². The fraction of sp³-hybridized carbons (Fsp3) is 0.353. The number of aromatic hydroxyl groups is 1. The molecule has 1 saturated carbocycles. The number of nitrogens with zero attached hydrogens (tertiary/aromatic N) is 2. The van der Waals surface area contributed by atoms with E-state index in [9.17, 15) is 14.7 Å². The molecule has 0 aromatic heterocycles. The van der Waals surface area contributed by atoms with Gasteiger partial charge in [0.1, 0.15) is 5.75 Å². The van der Waals surface area contributed by atoms with E-state index in [0.29, 0.717) is 5.56 Å². The highest BCUT2D eigenvalue weighted by molar-refractivity contribution is 6.06. The molecule has 1 N–H and O–H groups in total. The van der Waals surface area contributed by atoms with Crippen LogP contribution < -0.4 is 0 Å². The van der Waals surface area contributed by atoms with Crippen molar-refractivity contribution in [2.75, 3.05) is 0 Å². The smallest absolute Gasteiger partial charge is 0.254 e. The second-order valence-corrected chi connectivity index (χ2v) is 6.29. The first-order valence-electron chi connectivity index (χ1n) is 7.46. The summed E-state index contributed by atoms with van der Waals surface area (Å²) in [4.78, 5) is 24.9. The summed E-state index contributed by atoms with van der Waals surface area (Å²) in [6.07, 6.45) is 6.39. The number of imide groups is 1. The third kappa shape index (κ3) is 1.75. The molecule has 3 aliphatic rings. The minimum Gasteiger partial charge on any atom is -0.507 e. The third-order valence-electron chi connectivity index (χ3n) is 4.94. The van der Waals surface area contributed by atoms with Gasteiger partial charge < -0.3 is 5.11 Å². The molecule has 2 bridgehead atoms. The fourth-order valence-corrected chi connectivity index (χ4v) is 3.90. The molecule has 2 amide bonds. The van der Waals surface area contributed by atoms with Crippen LogP contribution in [-0.4, -0.2) is 28.1 Å².